The van der Waals surface area contributed by atoms with E-state index in [4.69, 9.17) is 5.26 Å². The maximum Gasteiger partial charge on any atom is 0.228 e. The summed E-state index contributed by atoms with van der Waals surface area (Å²) in [5, 5.41) is 10.7. The van der Waals surface area contributed by atoms with Gasteiger partial charge in [-0.1, -0.05) is 13.8 Å². The number of hydrogen-bond acceptors (Lipinski definition) is 4. The van der Waals surface area contributed by atoms with Crippen LogP contribution in [-0.4, -0.2) is 33.3 Å². The van der Waals surface area contributed by atoms with Gasteiger partial charge in [0.05, 0.1) is 6.07 Å². The van der Waals surface area contributed by atoms with Gasteiger partial charge in [-0.05, 0) is 19.4 Å². The molecule has 0 fully saturated rings. The summed E-state index contributed by atoms with van der Waals surface area (Å²) in [6.45, 7) is 5.52. The standard InChI is InChI=1S/C9H19N3O2S/c1-3-5-11-6-7-12-15(13,14)9(4-2)8-10/h9,11-12H,3-7H2,1-2H3. The average Bonchev–Trinajstić information content (AvgIpc) is 2.18. The minimum absolute atomic E-state index is 0.314. The van der Waals surface area contributed by atoms with Crippen molar-refractivity contribution >= 4 is 10.0 Å². The van der Waals surface area contributed by atoms with Crippen LogP contribution in [0.3, 0.4) is 0 Å². The molecule has 0 saturated carbocycles. The van der Waals surface area contributed by atoms with E-state index in [0.717, 1.165) is 13.0 Å². The van der Waals surface area contributed by atoms with E-state index >= 15 is 0 Å². The molecule has 1 unspecified atom stereocenters. The largest absolute Gasteiger partial charge is 0.315 e. The van der Waals surface area contributed by atoms with Gasteiger partial charge in [-0.3, -0.25) is 0 Å². The van der Waals surface area contributed by atoms with E-state index < -0.39 is 15.3 Å². The van der Waals surface area contributed by atoms with Crippen LogP contribution in [0.25, 0.3) is 0 Å². The minimum Gasteiger partial charge on any atom is -0.315 e. The molecule has 0 aromatic carbocycles. The number of nitrogens with one attached hydrogen (secondary N) is 2. The number of hydrogen-bond donors (Lipinski definition) is 2. The number of sulfonamides is 1. The lowest BCUT2D eigenvalue weighted by Crippen LogP contribution is -2.37. The zero-order chi connectivity index (χ0) is 11.7. The van der Waals surface area contributed by atoms with E-state index in [0.29, 0.717) is 19.5 Å². The van der Waals surface area contributed by atoms with E-state index in [1.807, 2.05) is 6.92 Å². The fourth-order valence-corrected chi connectivity index (χ4v) is 2.23. The van der Waals surface area contributed by atoms with Gasteiger partial charge in [-0.15, -0.1) is 0 Å². The molecule has 0 aliphatic heterocycles. The van der Waals surface area contributed by atoms with Crippen LogP contribution in [0, 0.1) is 11.3 Å². The van der Waals surface area contributed by atoms with Gasteiger partial charge in [0.2, 0.25) is 10.0 Å². The highest BCUT2D eigenvalue weighted by Gasteiger charge is 2.22. The molecule has 0 saturated heterocycles. The van der Waals surface area contributed by atoms with Crippen molar-refractivity contribution in [3.8, 4) is 6.07 Å². The second-order valence-electron chi connectivity index (χ2n) is 3.22. The monoisotopic (exact) mass is 233 g/mol. The minimum atomic E-state index is -3.46. The normalized spacial score (nSPS) is 13.4. The lowest BCUT2D eigenvalue weighted by Gasteiger charge is -2.10. The topological polar surface area (TPSA) is 82.0 Å². The summed E-state index contributed by atoms with van der Waals surface area (Å²) in [4.78, 5) is 0. The van der Waals surface area contributed by atoms with Crippen molar-refractivity contribution in [3.05, 3.63) is 0 Å². The molecule has 15 heavy (non-hydrogen) atoms. The van der Waals surface area contributed by atoms with Crippen LogP contribution in [0.4, 0.5) is 0 Å². The third-order valence-electron chi connectivity index (χ3n) is 1.92. The summed E-state index contributed by atoms with van der Waals surface area (Å²) in [7, 11) is -3.46. The van der Waals surface area contributed by atoms with E-state index in [9.17, 15) is 8.42 Å². The maximum atomic E-state index is 11.5. The van der Waals surface area contributed by atoms with E-state index in [2.05, 4.69) is 10.0 Å². The molecule has 88 valence electrons. The first kappa shape index (κ1) is 14.4. The lowest BCUT2D eigenvalue weighted by molar-refractivity contribution is 0.567. The molecule has 1 atom stereocenters. The van der Waals surface area contributed by atoms with Crippen LogP contribution in [-0.2, 0) is 10.0 Å². The molecule has 0 aromatic rings. The van der Waals surface area contributed by atoms with Crippen molar-refractivity contribution in [3.63, 3.8) is 0 Å². The molecule has 0 bridgehead atoms. The fourth-order valence-electron chi connectivity index (χ4n) is 1.06. The molecular formula is C9H19N3O2S. The Balaban J connectivity index is 3.90. The molecule has 0 aromatic heterocycles. The summed E-state index contributed by atoms with van der Waals surface area (Å²) < 4.78 is 25.3. The van der Waals surface area contributed by atoms with Crippen LogP contribution in [0.1, 0.15) is 26.7 Å². The van der Waals surface area contributed by atoms with Crippen molar-refractivity contribution in [2.45, 2.75) is 31.9 Å². The highest BCUT2D eigenvalue weighted by atomic mass is 32.2. The van der Waals surface area contributed by atoms with E-state index in [-0.39, 0.29) is 0 Å². The van der Waals surface area contributed by atoms with Crippen molar-refractivity contribution < 1.29 is 8.42 Å². The Morgan fingerprint density at radius 3 is 2.40 bits per heavy atom. The third kappa shape index (κ3) is 5.72. The molecule has 0 aliphatic carbocycles. The zero-order valence-electron chi connectivity index (χ0n) is 9.28. The molecule has 5 nitrogen and oxygen atoms in total. The molecule has 0 rings (SSSR count). The Labute approximate surface area is 91.9 Å². The highest BCUT2D eigenvalue weighted by Crippen LogP contribution is 2.01. The lowest BCUT2D eigenvalue weighted by atomic mass is 10.4. The first-order valence-corrected chi connectivity index (χ1v) is 6.71. The van der Waals surface area contributed by atoms with Crippen molar-refractivity contribution in [2.75, 3.05) is 19.6 Å². The van der Waals surface area contributed by atoms with Gasteiger partial charge in [-0.2, -0.15) is 5.26 Å². The van der Waals surface area contributed by atoms with Gasteiger partial charge in [0.15, 0.2) is 5.25 Å². The number of nitriles is 1. The van der Waals surface area contributed by atoms with Gasteiger partial charge in [-0.25, -0.2) is 13.1 Å². The Morgan fingerprint density at radius 1 is 1.27 bits per heavy atom. The molecule has 0 spiro atoms. The van der Waals surface area contributed by atoms with Gasteiger partial charge in [0, 0.05) is 13.1 Å². The van der Waals surface area contributed by atoms with E-state index in [1.54, 1.807) is 13.0 Å². The van der Waals surface area contributed by atoms with Crippen LogP contribution >= 0.6 is 0 Å². The molecule has 6 heteroatoms. The Morgan fingerprint density at radius 2 is 1.93 bits per heavy atom. The van der Waals surface area contributed by atoms with Crippen LogP contribution in [0.2, 0.25) is 0 Å². The zero-order valence-corrected chi connectivity index (χ0v) is 10.1. The maximum absolute atomic E-state index is 11.5. The smallest absolute Gasteiger partial charge is 0.228 e. The predicted octanol–water partition coefficient (Wildman–Crippen LogP) is 0.208. The van der Waals surface area contributed by atoms with Crippen LogP contribution < -0.4 is 10.0 Å². The second kappa shape index (κ2) is 7.63. The summed E-state index contributed by atoms with van der Waals surface area (Å²) in [6.07, 6.45) is 1.33. The number of nitrogens with zero attached hydrogens (tertiary/aromatic N) is 1. The van der Waals surface area contributed by atoms with Crippen molar-refractivity contribution in [2.24, 2.45) is 0 Å². The highest BCUT2D eigenvalue weighted by molar-refractivity contribution is 7.90. The first-order valence-electron chi connectivity index (χ1n) is 5.17. The summed E-state index contributed by atoms with van der Waals surface area (Å²) in [6, 6.07) is 1.77. The molecule has 2 N–H and O–H groups in total. The Hall–Kier alpha value is -0.640. The molecule has 0 amide bonds. The van der Waals surface area contributed by atoms with Gasteiger partial charge in [0.1, 0.15) is 0 Å². The fraction of sp³-hybridized carbons (Fsp3) is 0.889. The number of rotatable bonds is 8. The molecular weight excluding hydrogens is 214 g/mol. The molecule has 0 radical (unpaired) electrons. The molecule has 0 heterocycles. The van der Waals surface area contributed by atoms with E-state index in [1.165, 1.54) is 0 Å². The predicted molar refractivity (Wildman–Crippen MR) is 59.8 cm³/mol. The average molecular weight is 233 g/mol. The van der Waals surface area contributed by atoms with Crippen molar-refractivity contribution in [1.29, 1.82) is 5.26 Å². The van der Waals surface area contributed by atoms with Crippen LogP contribution in [0.15, 0.2) is 0 Å². The Bertz CT molecular complexity index is 295. The van der Waals surface area contributed by atoms with Gasteiger partial charge in [0.25, 0.3) is 0 Å². The summed E-state index contributed by atoms with van der Waals surface area (Å²) in [5.74, 6) is 0. The summed E-state index contributed by atoms with van der Waals surface area (Å²) >= 11 is 0. The van der Waals surface area contributed by atoms with Crippen molar-refractivity contribution in [1.82, 2.24) is 10.0 Å². The quantitative estimate of drug-likeness (QED) is 0.587. The SMILES string of the molecule is CCCNCCNS(=O)(=O)C(C#N)CC. The van der Waals surface area contributed by atoms with Crippen LogP contribution in [0.5, 0.6) is 0 Å². The summed E-state index contributed by atoms with van der Waals surface area (Å²) in [5.41, 5.74) is 0. The van der Waals surface area contributed by atoms with Gasteiger partial charge < -0.3 is 5.32 Å². The second-order valence-corrected chi connectivity index (χ2v) is 5.16. The third-order valence-corrected chi connectivity index (χ3v) is 3.72. The Kier molecular flexibility index (Phi) is 7.30. The first-order chi connectivity index (χ1) is 7.08. The molecule has 0 aliphatic rings. The van der Waals surface area contributed by atoms with Gasteiger partial charge >= 0.3 is 0 Å².